The molecule has 9 heteroatoms. The third-order valence-electron chi connectivity index (χ3n) is 7.32. The van der Waals surface area contributed by atoms with Crippen LogP contribution in [-0.4, -0.2) is 84.3 Å². The summed E-state index contributed by atoms with van der Waals surface area (Å²) in [6.45, 7) is 10.8. The Balaban J connectivity index is 1.69. The van der Waals surface area contributed by atoms with Gasteiger partial charge in [0.15, 0.2) is 11.5 Å². The van der Waals surface area contributed by atoms with E-state index in [1.165, 1.54) is 11.0 Å². The van der Waals surface area contributed by atoms with Crippen LogP contribution in [0, 0.1) is 6.92 Å². The summed E-state index contributed by atoms with van der Waals surface area (Å²) in [5.74, 6) is -0.706. The van der Waals surface area contributed by atoms with E-state index in [9.17, 15) is 19.8 Å². The van der Waals surface area contributed by atoms with Crippen LogP contribution in [0.3, 0.4) is 0 Å². The number of rotatable bonds is 12. The lowest BCUT2D eigenvalue weighted by Crippen LogP contribution is -2.38. The topological polar surface area (TPSA) is 109 Å². The van der Waals surface area contributed by atoms with Crippen LogP contribution in [0.5, 0.6) is 17.2 Å². The standard InChI is InChI=1S/C31H40N2O7/c1-4-6-16-40-25-11-9-23(19-21(25)3)29(35)27-28(22-8-10-24(34)26(20-22)39-5-2)33(31(37)30(27)36)13-7-12-32-14-17-38-18-15-32/h8-11,19-20,28,34-35H,4-7,12-18H2,1-3H3/b29-27-. The molecule has 0 aliphatic carbocycles. The molecule has 1 atom stereocenters. The van der Waals surface area contributed by atoms with Gasteiger partial charge in [-0.25, -0.2) is 0 Å². The molecule has 2 fully saturated rings. The van der Waals surface area contributed by atoms with E-state index < -0.39 is 17.7 Å². The molecule has 0 saturated carbocycles. The number of aliphatic hydroxyl groups excluding tert-OH is 1. The average molecular weight is 553 g/mol. The molecule has 2 saturated heterocycles. The van der Waals surface area contributed by atoms with Crippen LogP contribution in [0.15, 0.2) is 42.0 Å². The molecular formula is C31H40N2O7. The number of hydrogen-bond acceptors (Lipinski definition) is 8. The van der Waals surface area contributed by atoms with E-state index in [0.717, 1.165) is 38.0 Å². The Bertz CT molecular complexity index is 1240. The lowest BCUT2D eigenvalue weighted by Gasteiger charge is -2.29. The molecule has 4 rings (SSSR count). The summed E-state index contributed by atoms with van der Waals surface area (Å²) in [5, 5.41) is 21.8. The quantitative estimate of drug-likeness (QED) is 0.172. The van der Waals surface area contributed by atoms with Crippen molar-refractivity contribution in [1.82, 2.24) is 9.80 Å². The molecule has 2 aliphatic rings. The van der Waals surface area contributed by atoms with E-state index >= 15 is 0 Å². The van der Waals surface area contributed by atoms with Crippen molar-refractivity contribution in [3.8, 4) is 17.2 Å². The van der Waals surface area contributed by atoms with Gasteiger partial charge in [-0.2, -0.15) is 0 Å². The zero-order valence-electron chi connectivity index (χ0n) is 23.6. The third-order valence-corrected chi connectivity index (χ3v) is 7.32. The largest absolute Gasteiger partial charge is 0.507 e. The zero-order valence-corrected chi connectivity index (χ0v) is 23.6. The van der Waals surface area contributed by atoms with Gasteiger partial charge < -0.3 is 29.3 Å². The number of unbranched alkanes of at least 4 members (excludes halogenated alkanes) is 1. The summed E-state index contributed by atoms with van der Waals surface area (Å²) in [4.78, 5) is 30.6. The Labute approximate surface area is 235 Å². The molecule has 0 radical (unpaired) electrons. The van der Waals surface area contributed by atoms with E-state index in [1.54, 1.807) is 30.3 Å². The van der Waals surface area contributed by atoms with E-state index in [-0.39, 0.29) is 22.8 Å². The molecule has 2 N–H and O–H groups in total. The SMILES string of the molecule is CCCCOc1ccc(/C(O)=C2/C(=O)C(=O)N(CCCN3CCOCC3)C2c2ccc(O)c(OCC)c2)cc1C. The Morgan fingerprint density at radius 1 is 1.00 bits per heavy atom. The predicted molar refractivity (Wildman–Crippen MR) is 152 cm³/mol. The maximum absolute atomic E-state index is 13.4. The van der Waals surface area contributed by atoms with Crippen molar-refractivity contribution < 1.29 is 34.0 Å². The first-order valence-electron chi connectivity index (χ1n) is 14.1. The Morgan fingerprint density at radius 3 is 2.48 bits per heavy atom. The second-order valence-corrected chi connectivity index (χ2v) is 10.1. The van der Waals surface area contributed by atoms with Gasteiger partial charge >= 0.3 is 0 Å². The Hall–Kier alpha value is -3.56. The molecule has 2 aromatic rings. The Morgan fingerprint density at radius 2 is 1.77 bits per heavy atom. The molecule has 0 aromatic heterocycles. The molecule has 2 aliphatic heterocycles. The van der Waals surface area contributed by atoms with Crippen molar-refractivity contribution in [1.29, 1.82) is 0 Å². The number of ether oxygens (including phenoxy) is 3. The van der Waals surface area contributed by atoms with Gasteiger partial charge in [-0.15, -0.1) is 0 Å². The van der Waals surface area contributed by atoms with Gasteiger partial charge in [0.05, 0.1) is 38.0 Å². The average Bonchev–Trinajstić information content (AvgIpc) is 3.20. The Kier molecular flexibility index (Phi) is 10.1. The number of benzene rings is 2. The highest BCUT2D eigenvalue weighted by atomic mass is 16.5. The second-order valence-electron chi connectivity index (χ2n) is 10.1. The number of amides is 1. The van der Waals surface area contributed by atoms with Crippen LogP contribution in [-0.2, 0) is 14.3 Å². The highest BCUT2D eigenvalue weighted by Crippen LogP contribution is 2.42. The normalized spacial score (nSPS) is 19.3. The number of hydrogen-bond donors (Lipinski definition) is 2. The molecule has 2 aromatic carbocycles. The van der Waals surface area contributed by atoms with Crippen LogP contribution in [0.2, 0.25) is 0 Å². The number of carbonyl (C=O) groups is 2. The summed E-state index contributed by atoms with van der Waals surface area (Å²) in [7, 11) is 0. The molecule has 9 nitrogen and oxygen atoms in total. The number of morpholine rings is 1. The highest BCUT2D eigenvalue weighted by molar-refractivity contribution is 6.46. The van der Waals surface area contributed by atoms with Gasteiger partial charge in [0.1, 0.15) is 11.5 Å². The number of phenolic OH excluding ortho intramolecular Hbond substituents is 1. The van der Waals surface area contributed by atoms with Crippen LogP contribution < -0.4 is 9.47 Å². The maximum Gasteiger partial charge on any atom is 0.295 e. The van der Waals surface area contributed by atoms with Gasteiger partial charge in [0, 0.05) is 31.7 Å². The molecule has 40 heavy (non-hydrogen) atoms. The fraction of sp³-hybridized carbons (Fsp3) is 0.484. The molecule has 0 bridgehead atoms. The number of ketones is 1. The number of Topliss-reactive ketones (excluding diaryl/α,β-unsaturated/α-hetero) is 1. The van der Waals surface area contributed by atoms with Crippen molar-refractivity contribution in [2.24, 2.45) is 0 Å². The van der Waals surface area contributed by atoms with E-state index in [0.29, 0.717) is 56.3 Å². The fourth-order valence-electron chi connectivity index (χ4n) is 5.16. The number of likely N-dealkylation sites (tertiary alicyclic amines) is 1. The van der Waals surface area contributed by atoms with Crippen LogP contribution >= 0.6 is 0 Å². The number of phenols is 1. The van der Waals surface area contributed by atoms with Crippen molar-refractivity contribution in [3.63, 3.8) is 0 Å². The fourth-order valence-corrected chi connectivity index (χ4v) is 5.16. The van der Waals surface area contributed by atoms with Crippen molar-refractivity contribution in [3.05, 3.63) is 58.7 Å². The number of carbonyl (C=O) groups excluding carboxylic acids is 2. The van der Waals surface area contributed by atoms with Crippen molar-refractivity contribution in [2.75, 3.05) is 52.6 Å². The number of aryl methyl sites for hydroxylation is 1. The predicted octanol–water partition coefficient (Wildman–Crippen LogP) is 4.42. The minimum absolute atomic E-state index is 0.0172. The summed E-state index contributed by atoms with van der Waals surface area (Å²) in [6.07, 6.45) is 2.61. The molecule has 2 heterocycles. The lowest BCUT2D eigenvalue weighted by molar-refractivity contribution is -0.140. The van der Waals surface area contributed by atoms with Gasteiger partial charge in [-0.3, -0.25) is 14.5 Å². The summed E-state index contributed by atoms with van der Waals surface area (Å²) in [5.41, 5.74) is 1.84. The first-order chi connectivity index (χ1) is 19.3. The first-order valence-corrected chi connectivity index (χ1v) is 14.1. The smallest absolute Gasteiger partial charge is 0.295 e. The molecule has 216 valence electrons. The van der Waals surface area contributed by atoms with Gasteiger partial charge in [-0.05, 0) is 68.1 Å². The molecule has 0 spiro atoms. The number of aliphatic hydroxyl groups is 1. The van der Waals surface area contributed by atoms with E-state index in [1.807, 2.05) is 13.8 Å². The van der Waals surface area contributed by atoms with Gasteiger partial charge in [0.25, 0.3) is 11.7 Å². The van der Waals surface area contributed by atoms with E-state index in [4.69, 9.17) is 14.2 Å². The summed E-state index contributed by atoms with van der Waals surface area (Å²) < 4.78 is 16.9. The molecular weight excluding hydrogens is 512 g/mol. The highest BCUT2D eigenvalue weighted by Gasteiger charge is 2.46. The van der Waals surface area contributed by atoms with E-state index in [2.05, 4.69) is 11.8 Å². The van der Waals surface area contributed by atoms with Crippen LogP contribution in [0.25, 0.3) is 5.76 Å². The van der Waals surface area contributed by atoms with Crippen molar-refractivity contribution >= 4 is 17.4 Å². The van der Waals surface area contributed by atoms with Gasteiger partial charge in [0.2, 0.25) is 0 Å². The zero-order chi connectivity index (χ0) is 28.6. The van der Waals surface area contributed by atoms with Gasteiger partial charge in [-0.1, -0.05) is 19.4 Å². The van der Waals surface area contributed by atoms with Crippen LogP contribution in [0.4, 0.5) is 0 Å². The lowest BCUT2D eigenvalue weighted by atomic mass is 9.94. The minimum Gasteiger partial charge on any atom is -0.507 e. The third kappa shape index (κ3) is 6.59. The van der Waals surface area contributed by atoms with Crippen molar-refractivity contribution in [2.45, 2.75) is 46.1 Å². The van der Waals surface area contributed by atoms with Crippen LogP contribution in [0.1, 0.15) is 55.8 Å². The number of nitrogens with zero attached hydrogens (tertiary/aromatic N) is 2. The molecule has 1 amide bonds. The molecule has 1 unspecified atom stereocenters. The number of aromatic hydroxyl groups is 1. The second kappa shape index (κ2) is 13.7. The summed E-state index contributed by atoms with van der Waals surface area (Å²) in [6, 6.07) is 9.20. The first kappa shape index (κ1) is 29.4. The minimum atomic E-state index is -0.828. The maximum atomic E-state index is 13.4. The summed E-state index contributed by atoms with van der Waals surface area (Å²) >= 11 is 0. The monoisotopic (exact) mass is 552 g/mol.